The van der Waals surface area contributed by atoms with Gasteiger partial charge in [-0.2, -0.15) is 4.98 Å². The molecule has 0 saturated heterocycles. The van der Waals surface area contributed by atoms with Crippen molar-refractivity contribution in [3.63, 3.8) is 0 Å². The summed E-state index contributed by atoms with van der Waals surface area (Å²) < 4.78 is 5.07. The second-order valence-corrected chi connectivity index (χ2v) is 4.81. The molecule has 2 aromatic rings. The van der Waals surface area contributed by atoms with Gasteiger partial charge in [-0.1, -0.05) is 22.9 Å². The van der Waals surface area contributed by atoms with Crippen LogP contribution in [0.1, 0.15) is 22.8 Å². The van der Waals surface area contributed by atoms with Crippen molar-refractivity contribution in [2.24, 2.45) is 0 Å². The summed E-state index contributed by atoms with van der Waals surface area (Å²) in [6, 6.07) is 6.44. The second kappa shape index (κ2) is 4.70. The third-order valence-corrected chi connectivity index (χ3v) is 3.41. The Kier molecular flexibility index (Phi) is 3.29. The molecule has 1 aromatic heterocycles. The summed E-state index contributed by atoms with van der Waals surface area (Å²) in [5.74, 6) is 2.10. The van der Waals surface area contributed by atoms with E-state index >= 15 is 0 Å². The third-order valence-electron chi connectivity index (χ3n) is 2.25. The van der Waals surface area contributed by atoms with Gasteiger partial charge in [-0.15, -0.1) is 11.8 Å². The number of nitrogens with zero attached hydrogens (tertiary/aromatic N) is 2. The van der Waals surface area contributed by atoms with Gasteiger partial charge in [-0.25, -0.2) is 0 Å². The first-order chi connectivity index (χ1) is 7.65. The second-order valence-electron chi connectivity index (χ2n) is 3.79. The largest absolute Gasteiger partial charge is 0.338 e. The first-order valence-corrected chi connectivity index (χ1v) is 6.13. The van der Waals surface area contributed by atoms with Gasteiger partial charge in [-0.3, -0.25) is 0 Å². The maximum Gasteiger partial charge on any atom is 0.236 e. The van der Waals surface area contributed by atoms with Crippen LogP contribution in [0.25, 0.3) is 0 Å². The number of aryl methyl sites for hydroxylation is 3. The van der Waals surface area contributed by atoms with Crippen LogP contribution in [0.15, 0.2) is 27.6 Å². The van der Waals surface area contributed by atoms with Crippen LogP contribution in [-0.4, -0.2) is 10.1 Å². The Morgan fingerprint density at radius 1 is 1.25 bits per heavy atom. The highest BCUT2D eigenvalue weighted by Gasteiger charge is 2.05. The highest BCUT2D eigenvalue weighted by molar-refractivity contribution is 7.98. The number of rotatable bonds is 3. The molecule has 0 radical (unpaired) electrons. The van der Waals surface area contributed by atoms with Crippen LogP contribution in [0, 0.1) is 20.8 Å². The molecule has 0 unspecified atom stereocenters. The van der Waals surface area contributed by atoms with E-state index in [-0.39, 0.29) is 0 Å². The number of hydrogen-bond donors (Lipinski definition) is 0. The van der Waals surface area contributed by atoms with Crippen molar-refractivity contribution in [2.75, 3.05) is 0 Å². The number of benzene rings is 1. The summed E-state index contributed by atoms with van der Waals surface area (Å²) in [6.45, 7) is 6.05. The molecule has 3 nitrogen and oxygen atoms in total. The zero-order valence-electron chi connectivity index (χ0n) is 9.65. The van der Waals surface area contributed by atoms with Crippen molar-refractivity contribution in [1.82, 2.24) is 10.1 Å². The van der Waals surface area contributed by atoms with Crippen molar-refractivity contribution in [2.45, 2.75) is 31.4 Å². The van der Waals surface area contributed by atoms with Crippen LogP contribution >= 0.6 is 11.8 Å². The molecular formula is C12H14N2OS. The lowest BCUT2D eigenvalue weighted by Crippen LogP contribution is -1.84. The molecule has 4 heteroatoms. The quantitative estimate of drug-likeness (QED) is 0.764. The lowest BCUT2D eigenvalue weighted by Gasteiger charge is -2.04. The van der Waals surface area contributed by atoms with E-state index in [1.54, 1.807) is 11.8 Å². The summed E-state index contributed by atoms with van der Waals surface area (Å²) in [5.41, 5.74) is 2.58. The molecule has 0 fully saturated rings. The minimum Gasteiger partial charge on any atom is -0.338 e. The van der Waals surface area contributed by atoms with Crippen molar-refractivity contribution in [1.29, 1.82) is 0 Å². The normalized spacial score (nSPS) is 10.7. The molecular weight excluding hydrogens is 220 g/mol. The third kappa shape index (κ3) is 2.64. The lowest BCUT2D eigenvalue weighted by atomic mass is 10.2. The molecule has 84 valence electrons. The van der Waals surface area contributed by atoms with E-state index in [9.17, 15) is 0 Å². The molecule has 0 spiro atoms. The molecule has 1 heterocycles. The van der Waals surface area contributed by atoms with Gasteiger partial charge in [0.05, 0.1) is 5.75 Å². The van der Waals surface area contributed by atoms with Crippen molar-refractivity contribution >= 4 is 11.8 Å². The Labute approximate surface area is 99.3 Å². The molecule has 1 aromatic carbocycles. The van der Waals surface area contributed by atoms with E-state index in [2.05, 4.69) is 42.2 Å². The molecule has 0 bridgehead atoms. The van der Waals surface area contributed by atoms with E-state index in [0.29, 0.717) is 11.7 Å². The maximum atomic E-state index is 5.07. The number of thioether (sulfide) groups is 1. The van der Waals surface area contributed by atoms with Crippen LogP contribution in [-0.2, 0) is 5.75 Å². The molecule has 0 N–H and O–H groups in total. The molecule has 16 heavy (non-hydrogen) atoms. The average Bonchev–Trinajstić information content (AvgIpc) is 2.63. The van der Waals surface area contributed by atoms with Crippen LogP contribution in [0.2, 0.25) is 0 Å². The summed E-state index contributed by atoms with van der Waals surface area (Å²) >= 11 is 1.73. The standard InChI is InChI=1S/C12H14N2OS/c1-8-4-5-11(9(2)6-8)16-7-12-13-10(3)14-15-12/h4-6H,7H2,1-3H3. The molecule has 2 rings (SSSR count). The molecule has 0 amide bonds. The highest BCUT2D eigenvalue weighted by atomic mass is 32.2. The highest BCUT2D eigenvalue weighted by Crippen LogP contribution is 2.25. The zero-order valence-corrected chi connectivity index (χ0v) is 10.5. The molecule has 0 aliphatic carbocycles. The van der Waals surface area contributed by atoms with Crippen LogP contribution in [0.3, 0.4) is 0 Å². The van der Waals surface area contributed by atoms with Crippen LogP contribution < -0.4 is 0 Å². The lowest BCUT2D eigenvalue weighted by molar-refractivity contribution is 0.387. The van der Waals surface area contributed by atoms with Gasteiger partial charge >= 0.3 is 0 Å². The summed E-state index contributed by atoms with van der Waals surface area (Å²) in [5, 5.41) is 3.77. The van der Waals surface area contributed by atoms with Gasteiger partial charge in [0.2, 0.25) is 5.89 Å². The van der Waals surface area contributed by atoms with Crippen LogP contribution in [0.5, 0.6) is 0 Å². The fourth-order valence-corrected chi connectivity index (χ4v) is 2.35. The molecule has 0 aliphatic heterocycles. The fraction of sp³-hybridized carbons (Fsp3) is 0.333. The number of aromatic nitrogens is 2. The van der Waals surface area contributed by atoms with E-state index in [1.807, 2.05) is 6.92 Å². The first-order valence-electron chi connectivity index (χ1n) is 5.14. The van der Waals surface area contributed by atoms with Gasteiger partial charge < -0.3 is 4.52 Å². The topological polar surface area (TPSA) is 38.9 Å². The molecule has 0 atom stereocenters. The van der Waals surface area contributed by atoms with Gasteiger partial charge in [0.25, 0.3) is 0 Å². The fourth-order valence-electron chi connectivity index (χ4n) is 1.50. The Hall–Kier alpha value is -1.29. The Morgan fingerprint density at radius 2 is 2.06 bits per heavy atom. The van der Waals surface area contributed by atoms with Crippen molar-refractivity contribution in [3.8, 4) is 0 Å². The smallest absolute Gasteiger partial charge is 0.236 e. The van der Waals surface area contributed by atoms with E-state index in [4.69, 9.17) is 4.52 Å². The van der Waals surface area contributed by atoms with Gasteiger partial charge in [-0.05, 0) is 32.4 Å². The zero-order chi connectivity index (χ0) is 11.5. The van der Waals surface area contributed by atoms with E-state index in [0.717, 1.165) is 5.75 Å². The average molecular weight is 234 g/mol. The maximum absolute atomic E-state index is 5.07. The summed E-state index contributed by atoms with van der Waals surface area (Å²) in [4.78, 5) is 5.44. The monoisotopic (exact) mass is 234 g/mol. The Balaban J connectivity index is 2.04. The van der Waals surface area contributed by atoms with Crippen LogP contribution in [0.4, 0.5) is 0 Å². The minimum atomic E-state index is 0.683. The Bertz CT molecular complexity index is 494. The summed E-state index contributed by atoms with van der Waals surface area (Å²) in [7, 11) is 0. The minimum absolute atomic E-state index is 0.683. The van der Waals surface area contributed by atoms with Crippen molar-refractivity contribution in [3.05, 3.63) is 41.0 Å². The van der Waals surface area contributed by atoms with Gasteiger partial charge in [0, 0.05) is 4.90 Å². The predicted octanol–water partition coefficient (Wildman–Crippen LogP) is 3.29. The van der Waals surface area contributed by atoms with Gasteiger partial charge in [0.1, 0.15) is 0 Å². The van der Waals surface area contributed by atoms with Gasteiger partial charge in [0.15, 0.2) is 5.82 Å². The van der Waals surface area contributed by atoms with E-state index < -0.39 is 0 Å². The first kappa shape index (κ1) is 11.2. The summed E-state index contributed by atoms with van der Waals surface area (Å²) in [6.07, 6.45) is 0. The van der Waals surface area contributed by atoms with Crippen molar-refractivity contribution < 1.29 is 4.52 Å². The Morgan fingerprint density at radius 3 is 2.69 bits per heavy atom. The molecule has 0 saturated carbocycles. The van der Waals surface area contributed by atoms with E-state index in [1.165, 1.54) is 16.0 Å². The number of hydrogen-bond acceptors (Lipinski definition) is 4. The predicted molar refractivity (Wildman–Crippen MR) is 64.5 cm³/mol. The molecule has 0 aliphatic rings. The SMILES string of the molecule is Cc1ccc(SCc2nc(C)no2)c(C)c1.